The molecule has 0 fully saturated rings. The van der Waals surface area contributed by atoms with Crippen molar-refractivity contribution in [2.24, 2.45) is 5.73 Å². The second-order valence-electron chi connectivity index (χ2n) is 3.03. The minimum atomic E-state index is -0.134. The third-order valence-corrected chi connectivity index (χ3v) is 1.76. The molecule has 2 heteroatoms. The number of aryl methyl sites for hydroxylation is 1. The van der Waals surface area contributed by atoms with Crippen molar-refractivity contribution in [3.63, 3.8) is 0 Å². The van der Waals surface area contributed by atoms with Gasteiger partial charge in [0.2, 0.25) is 0 Å². The Morgan fingerprint density at radius 1 is 1.58 bits per heavy atom. The number of hydrogen-bond donors (Lipinski definition) is 1. The second-order valence-corrected chi connectivity index (χ2v) is 3.03. The van der Waals surface area contributed by atoms with Crippen LogP contribution in [0.25, 0.3) is 0 Å². The molecular formula is C10H14N2. The highest BCUT2D eigenvalue weighted by Gasteiger charge is 2.06. The highest BCUT2D eigenvalue weighted by atomic mass is 14.8. The third kappa shape index (κ3) is 1.92. The Balaban J connectivity index is 2.95. The Kier molecular flexibility index (Phi) is 2.61. The molecule has 2 N–H and O–H groups in total. The van der Waals surface area contributed by atoms with Gasteiger partial charge in [0.1, 0.15) is 0 Å². The van der Waals surface area contributed by atoms with Gasteiger partial charge < -0.3 is 5.73 Å². The fraction of sp³-hybridized carbons (Fsp3) is 0.300. The van der Waals surface area contributed by atoms with E-state index in [1.165, 1.54) is 0 Å². The van der Waals surface area contributed by atoms with Crippen LogP contribution >= 0.6 is 0 Å². The lowest BCUT2D eigenvalue weighted by atomic mass is 10.1. The van der Waals surface area contributed by atoms with Crippen LogP contribution in [0.4, 0.5) is 0 Å². The van der Waals surface area contributed by atoms with Crippen LogP contribution in [0.5, 0.6) is 0 Å². The molecule has 1 rings (SSSR count). The van der Waals surface area contributed by atoms with E-state index in [4.69, 9.17) is 5.73 Å². The average Bonchev–Trinajstić information content (AvgIpc) is 2.03. The fourth-order valence-electron chi connectivity index (χ4n) is 0.990. The first-order valence-corrected chi connectivity index (χ1v) is 3.96. The lowest BCUT2D eigenvalue weighted by Gasteiger charge is -2.10. The Hall–Kier alpha value is -1.15. The van der Waals surface area contributed by atoms with Crippen molar-refractivity contribution in [1.29, 1.82) is 0 Å². The van der Waals surface area contributed by atoms with E-state index in [1.807, 2.05) is 32.0 Å². The summed E-state index contributed by atoms with van der Waals surface area (Å²) in [5.41, 5.74) is 8.66. The molecule has 0 radical (unpaired) electrons. The van der Waals surface area contributed by atoms with Crippen molar-refractivity contribution in [1.82, 2.24) is 4.98 Å². The van der Waals surface area contributed by atoms with Gasteiger partial charge in [0.05, 0.1) is 11.7 Å². The monoisotopic (exact) mass is 162 g/mol. The minimum Gasteiger partial charge on any atom is -0.319 e. The van der Waals surface area contributed by atoms with Gasteiger partial charge in [0.25, 0.3) is 0 Å². The van der Waals surface area contributed by atoms with Gasteiger partial charge in [0.15, 0.2) is 0 Å². The van der Waals surface area contributed by atoms with E-state index in [0.29, 0.717) is 0 Å². The zero-order valence-electron chi connectivity index (χ0n) is 7.54. The molecule has 0 bridgehead atoms. The first-order chi connectivity index (χ1) is 5.61. The Labute approximate surface area is 73.1 Å². The molecule has 1 atom stereocenters. The highest BCUT2D eigenvalue weighted by Crippen LogP contribution is 2.14. The van der Waals surface area contributed by atoms with Crippen molar-refractivity contribution in [3.05, 3.63) is 41.7 Å². The van der Waals surface area contributed by atoms with E-state index in [-0.39, 0.29) is 6.04 Å². The second kappa shape index (κ2) is 3.50. The summed E-state index contributed by atoms with van der Waals surface area (Å²) in [4.78, 5) is 4.31. The first kappa shape index (κ1) is 8.94. The molecule has 0 aliphatic carbocycles. The number of rotatable bonds is 2. The molecule has 2 nitrogen and oxygen atoms in total. The van der Waals surface area contributed by atoms with E-state index >= 15 is 0 Å². The molecule has 1 heterocycles. The molecule has 0 saturated heterocycles. The SMILES string of the molecule is C=C(C)C(N)c1cccc(C)n1. The summed E-state index contributed by atoms with van der Waals surface area (Å²) < 4.78 is 0. The normalized spacial score (nSPS) is 12.6. The Bertz CT molecular complexity index is 292. The predicted octanol–water partition coefficient (Wildman–Crippen LogP) is 1.97. The van der Waals surface area contributed by atoms with Gasteiger partial charge in [-0.15, -0.1) is 0 Å². The number of nitrogens with zero attached hydrogens (tertiary/aromatic N) is 1. The summed E-state index contributed by atoms with van der Waals surface area (Å²) in [6.45, 7) is 7.66. The molecule has 12 heavy (non-hydrogen) atoms. The summed E-state index contributed by atoms with van der Waals surface area (Å²) in [6.07, 6.45) is 0. The molecule has 0 amide bonds. The van der Waals surface area contributed by atoms with Gasteiger partial charge in [-0.2, -0.15) is 0 Å². The van der Waals surface area contributed by atoms with Crippen molar-refractivity contribution in [2.45, 2.75) is 19.9 Å². The predicted molar refractivity (Wildman–Crippen MR) is 50.7 cm³/mol. The lowest BCUT2D eigenvalue weighted by molar-refractivity contribution is 0.805. The standard InChI is InChI=1S/C10H14N2/c1-7(2)10(11)9-6-4-5-8(3)12-9/h4-6,10H,1,11H2,2-3H3. The van der Waals surface area contributed by atoms with Crippen LogP contribution in [0.3, 0.4) is 0 Å². The van der Waals surface area contributed by atoms with Crippen LogP contribution in [0, 0.1) is 6.92 Å². The maximum Gasteiger partial charge on any atom is 0.0680 e. The van der Waals surface area contributed by atoms with Gasteiger partial charge in [-0.05, 0) is 26.0 Å². The van der Waals surface area contributed by atoms with Gasteiger partial charge in [0, 0.05) is 5.69 Å². The highest BCUT2D eigenvalue weighted by molar-refractivity contribution is 5.20. The maximum absolute atomic E-state index is 5.84. The van der Waals surface area contributed by atoms with E-state index < -0.39 is 0 Å². The Morgan fingerprint density at radius 2 is 2.25 bits per heavy atom. The van der Waals surface area contributed by atoms with Crippen molar-refractivity contribution < 1.29 is 0 Å². The smallest absolute Gasteiger partial charge is 0.0680 e. The number of nitrogens with two attached hydrogens (primary N) is 1. The number of pyridine rings is 1. The molecule has 1 unspecified atom stereocenters. The summed E-state index contributed by atoms with van der Waals surface area (Å²) >= 11 is 0. The van der Waals surface area contributed by atoms with Crippen LogP contribution in [0.15, 0.2) is 30.4 Å². The average molecular weight is 162 g/mol. The first-order valence-electron chi connectivity index (χ1n) is 3.96. The van der Waals surface area contributed by atoms with E-state index in [9.17, 15) is 0 Å². The Morgan fingerprint density at radius 3 is 2.75 bits per heavy atom. The van der Waals surface area contributed by atoms with Crippen molar-refractivity contribution in [3.8, 4) is 0 Å². The van der Waals surface area contributed by atoms with Crippen LogP contribution in [-0.2, 0) is 0 Å². The van der Waals surface area contributed by atoms with Gasteiger partial charge in [-0.1, -0.05) is 18.2 Å². The minimum absolute atomic E-state index is 0.134. The molecule has 0 aromatic carbocycles. The van der Waals surface area contributed by atoms with E-state index in [2.05, 4.69) is 11.6 Å². The quantitative estimate of drug-likeness (QED) is 0.675. The number of hydrogen-bond acceptors (Lipinski definition) is 2. The molecule has 64 valence electrons. The topological polar surface area (TPSA) is 38.9 Å². The largest absolute Gasteiger partial charge is 0.319 e. The summed E-state index contributed by atoms with van der Waals surface area (Å²) in [5.74, 6) is 0. The summed E-state index contributed by atoms with van der Waals surface area (Å²) in [5, 5.41) is 0. The van der Waals surface area contributed by atoms with Crippen LogP contribution in [0.2, 0.25) is 0 Å². The van der Waals surface area contributed by atoms with Crippen LogP contribution < -0.4 is 5.73 Å². The molecule has 0 aliphatic heterocycles. The molecule has 0 spiro atoms. The van der Waals surface area contributed by atoms with Gasteiger partial charge >= 0.3 is 0 Å². The van der Waals surface area contributed by atoms with Crippen LogP contribution in [0.1, 0.15) is 24.4 Å². The van der Waals surface area contributed by atoms with Crippen LogP contribution in [-0.4, -0.2) is 4.98 Å². The maximum atomic E-state index is 5.84. The molecule has 1 aromatic rings. The fourth-order valence-corrected chi connectivity index (χ4v) is 0.990. The van der Waals surface area contributed by atoms with E-state index in [1.54, 1.807) is 0 Å². The molecular weight excluding hydrogens is 148 g/mol. The number of aromatic nitrogens is 1. The molecule has 1 aromatic heterocycles. The van der Waals surface area contributed by atoms with Crippen molar-refractivity contribution in [2.75, 3.05) is 0 Å². The molecule has 0 aliphatic rings. The lowest BCUT2D eigenvalue weighted by Crippen LogP contribution is -2.12. The van der Waals surface area contributed by atoms with Gasteiger partial charge in [-0.3, -0.25) is 4.98 Å². The molecule has 0 saturated carbocycles. The summed E-state index contributed by atoms with van der Waals surface area (Å²) in [7, 11) is 0. The van der Waals surface area contributed by atoms with Gasteiger partial charge in [-0.25, -0.2) is 0 Å². The zero-order chi connectivity index (χ0) is 9.14. The summed E-state index contributed by atoms with van der Waals surface area (Å²) in [6, 6.07) is 5.70. The van der Waals surface area contributed by atoms with Crippen molar-refractivity contribution >= 4 is 0 Å². The zero-order valence-corrected chi connectivity index (χ0v) is 7.54. The third-order valence-electron chi connectivity index (χ3n) is 1.76. The van der Waals surface area contributed by atoms with E-state index in [0.717, 1.165) is 17.0 Å².